The summed E-state index contributed by atoms with van der Waals surface area (Å²) in [5.74, 6) is -0.0613. The van der Waals surface area contributed by atoms with E-state index in [1.165, 1.54) is 5.39 Å². The number of piperidine rings is 1. The molecule has 2 atom stereocenters. The van der Waals surface area contributed by atoms with Crippen molar-refractivity contribution in [1.82, 2.24) is 10.4 Å². The van der Waals surface area contributed by atoms with E-state index in [4.69, 9.17) is 14.3 Å². The Morgan fingerprint density at radius 3 is 2.28 bits per heavy atom. The Labute approximate surface area is 270 Å². The predicted molar refractivity (Wildman–Crippen MR) is 177 cm³/mol. The summed E-state index contributed by atoms with van der Waals surface area (Å²) in [4.78, 5) is 42.8. The van der Waals surface area contributed by atoms with Crippen molar-refractivity contribution in [3.05, 3.63) is 119 Å². The van der Waals surface area contributed by atoms with Crippen molar-refractivity contribution in [1.29, 1.82) is 0 Å². The minimum atomic E-state index is -0.730. The zero-order valence-electron chi connectivity index (χ0n) is 26.7. The number of ketones is 1. The first-order valence-electron chi connectivity index (χ1n) is 15.8. The minimum Gasteiger partial charge on any atom is -0.427 e. The number of hydrogen-bond acceptors (Lipinski definition) is 7. The van der Waals surface area contributed by atoms with Gasteiger partial charge in [0.05, 0.1) is 25.7 Å². The molecule has 0 saturated carbocycles. The molecular formula is C38H42N2O6. The van der Waals surface area contributed by atoms with Gasteiger partial charge in [-0.1, -0.05) is 91.0 Å². The number of benzene rings is 4. The van der Waals surface area contributed by atoms with Gasteiger partial charge in [-0.15, -0.1) is 5.06 Å². The van der Waals surface area contributed by atoms with E-state index in [9.17, 15) is 14.4 Å². The smallest absolute Gasteiger partial charge is 0.427 e. The lowest BCUT2D eigenvalue weighted by atomic mass is 9.87. The van der Waals surface area contributed by atoms with Gasteiger partial charge in [0.1, 0.15) is 5.60 Å². The van der Waals surface area contributed by atoms with Crippen LogP contribution in [0.3, 0.4) is 0 Å². The van der Waals surface area contributed by atoms with Crippen molar-refractivity contribution in [2.45, 2.75) is 64.3 Å². The molecule has 1 fully saturated rings. The number of carbonyl (C=O) groups is 3. The number of amides is 1. The van der Waals surface area contributed by atoms with Crippen molar-refractivity contribution in [2.75, 3.05) is 19.6 Å². The summed E-state index contributed by atoms with van der Waals surface area (Å²) in [6.45, 7) is 7.04. The van der Waals surface area contributed by atoms with Crippen LogP contribution in [0.4, 0.5) is 4.79 Å². The summed E-state index contributed by atoms with van der Waals surface area (Å²) < 4.78 is 11.9. The monoisotopic (exact) mass is 622 g/mol. The van der Waals surface area contributed by atoms with Crippen LogP contribution in [0, 0.1) is 0 Å². The molecule has 46 heavy (non-hydrogen) atoms. The molecule has 0 aromatic heterocycles. The number of Topliss-reactive ketones (excluding diaryl/α,β-unsaturated/α-hetero) is 1. The van der Waals surface area contributed by atoms with Crippen LogP contribution in [0.25, 0.3) is 10.8 Å². The van der Waals surface area contributed by atoms with Crippen molar-refractivity contribution < 1.29 is 28.7 Å². The molecule has 2 unspecified atom stereocenters. The first-order chi connectivity index (χ1) is 22.1. The summed E-state index contributed by atoms with van der Waals surface area (Å²) in [6, 6.07) is 31.6. The van der Waals surface area contributed by atoms with Crippen molar-refractivity contribution in [3.8, 4) is 0 Å². The number of nitrogens with zero attached hydrogens (tertiary/aromatic N) is 1. The van der Waals surface area contributed by atoms with Gasteiger partial charge in [-0.3, -0.25) is 9.59 Å². The third-order valence-corrected chi connectivity index (χ3v) is 7.94. The summed E-state index contributed by atoms with van der Waals surface area (Å²) in [5.41, 5.74) is 3.04. The molecule has 8 heteroatoms. The van der Waals surface area contributed by atoms with E-state index in [0.29, 0.717) is 38.2 Å². The molecule has 4 aromatic carbocycles. The molecule has 1 amide bonds. The SMILES string of the molecule is CC(C)(C)OC(=O)ON1CCC(c2ccc(CC(=O)NCCC(=O)c3ccccc3)cc2)C(OCc2ccc3ccccc3c2)C1. The average molecular weight is 623 g/mol. The number of rotatable bonds is 11. The molecule has 1 saturated heterocycles. The first-order valence-corrected chi connectivity index (χ1v) is 15.8. The van der Waals surface area contributed by atoms with Gasteiger partial charge in [-0.25, -0.2) is 4.79 Å². The molecule has 1 aliphatic heterocycles. The highest BCUT2D eigenvalue weighted by atomic mass is 16.8. The van der Waals surface area contributed by atoms with E-state index < -0.39 is 11.8 Å². The van der Waals surface area contributed by atoms with E-state index in [2.05, 4.69) is 35.6 Å². The maximum Gasteiger partial charge on any atom is 0.528 e. The fourth-order valence-corrected chi connectivity index (χ4v) is 5.64. The number of hydroxylamine groups is 2. The van der Waals surface area contributed by atoms with Crippen molar-refractivity contribution in [2.24, 2.45) is 0 Å². The van der Waals surface area contributed by atoms with Crippen LogP contribution in [-0.4, -0.2) is 54.2 Å². The van der Waals surface area contributed by atoms with Gasteiger partial charge in [0.15, 0.2) is 5.78 Å². The topological polar surface area (TPSA) is 94.2 Å². The Morgan fingerprint density at radius 1 is 0.848 bits per heavy atom. The normalized spacial score (nSPS) is 16.9. The van der Waals surface area contributed by atoms with E-state index in [0.717, 1.165) is 22.1 Å². The molecule has 0 bridgehead atoms. The Kier molecular flexibility index (Phi) is 10.8. The van der Waals surface area contributed by atoms with Crippen LogP contribution in [0.15, 0.2) is 97.1 Å². The second-order valence-corrected chi connectivity index (χ2v) is 12.7. The minimum absolute atomic E-state index is 0.00480. The van der Waals surface area contributed by atoms with Crippen molar-refractivity contribution in [3.63, 3.8) is 0 Å². The van der Waals surface area contributed by atoms with Crippen LogP contribution >= 0.6 is 0 Å². The zero-order valence-corrected chi connectivity index (χ0v) is 26.7. The van der Waals surface area contributed by atoms with Crippen molar-refractivity contribution >= 4 is 28.6 Å². The van der Waals surface area contributed by atoms with Gasteiger partial charge in [0.25, 0.3) is 0 Å². The van der Waals surface area contributed by atoms with E-state index in [1.54, 1.807) is 38.0 Å². The highest BCUT2D eigenvalue weighted by molar-refractivity contribution is 5.96. The van der Waals surface area contributed by atoms with E-state index >= 15 is 0 Å². The van der Waals surface area contributed by atoms with Crippen LogP contribution in [-0.2, 0) is 32.1 Å². The molecule has 8 nitrogen and oxygen atoms in total. The number of carbonyl (C=O) groups excluding carboxylic acids is 3. The lowest BCUT2D eigenvalue weighted by molar-refractivity contribution is -0.179. The fraction of sp³-hybridized carbons (Fsp3) is 0.342. The second-order valence-electron chi connectivity index (χ2n) is 12.7. The average Bonchev–Trinajstić information content (AvgIpc) is 3.03. The third-order valence-electron chi connectivity index (χ3n) is 7.94. The van der Waals surface area contributed by atoms with Gasteiger partial charge < -0.3 is 19.6 Å². The lowest BCUT2D eigenvalue weighted by Crippen LogP contribution is -2.45. The fourth-order valence-electron chi connectivity index (χ4n) is 5.64. The van der Waals surface area contributed by atoms with Crippen LogP contribution in [0.1, 0.15) is 66.6 Å². The first kappa shape index (κ1) is 32.9. The Hall–Kier alpha value is -4.53. The Bertz CT molecular complexity index is 1630. The van der Waals surface area contributed by atoms with Gasteiger partial charge >= 0.3 is 6.16 Å². The molecule has 0 aliphatic carbocycles. The van der Waals surface area contributed by atoms with Crippen LogP contribution < -0.4 is 5.32 Å². The highest BCUT2D eigenvalue weighted by Crippen LogP contribution is 2.32. The Morgan fingerprint density at radius 2 is 1.54 bits per heavy atom. The lowest BCUT2D eigenvalue weighted by Gasteiger charge is -2.37. The zero-order chi connectivity index (χ0) is 32.5. The van der Waals surface area contributed by atoms with E-state index in [1.807, 2.05) is 54.6 Å². The molecule has 5 rings (SSSR count). The van der Waals surface area contributed by atoms with Gasteiger partial charge in [0.2, 0.25) is 5.91 Å². The van der Waals surface area contributed by atoms with Gasteiger partial charge in [-0.05, 0) is 60.7 Å². The maximum absolute atomic E-state index is 12.6. The number of nitrogens with one attached hydrogen (secondary N) is 1. The second kappa shape index (κ2) is 15.2. The van der Waals surface area contributed by atoms with Crippen LogP contribution in [0.2, 0.25) is 0 Å². The molecule has 0 spiro atoms. The summed E-state index contributed by atoms with van der Waals surface area (Å²) in [7, 11) is 0. The number of ether oxygens (including phenoxy) is 2. The quantitative estimate of drug-likeness (QED) is 0.142. The molecule has 1 N–H and O–H groups in total. The molecule has 240 valence electrons. The third kappa shape index (κ3) is 9.49. The van der Waals surface area contributed by atoms with Gasteiger partial charge in [-0.2, -0.15) is 0 Å². The summed E-state index contributed by atoms with van der Waals surface area (Å²) in [5, 5.41) is 6.81. The molecule has 1 aliphatic rings. The number of fused-ring (bicyclic) bond motifs is 1. The molecule has 0 radical (unpaired) electrons. The predicted octanol–water partition coefficient (Wildman–Crippen LogP) is 7.01. The molecule has 1 heterocycles. The highest BCUT2D eigenvalue weighted by Gasteiger charge is 2.34. The molecular weight excluding hydrogens is 580 g/mol. The van der Waals surface area contributed by atoms with Crippen LogP contribution in [0.5, 0.6) is 0 Å². The van der Waals surface area contributed by atoms with E-state index in [-0.39, 0.29) is 36.6 Å². The maximum atomic E-state index is 12.6. The largest absolute Gasteiger partial charge is 0.528 e. The summed E-state index contributed by atoms with van der Waals surface area (Å²) in [6.07, 6.45) is 0.209. The summed E-state index contributed by atoms with van der Waals surface area (Å²) >= 11 is 0. The molecule has 4 aromatic rings. The Balaban J connectivity index is 1.20. The number of hydrogen-bond donors (Lipinski definition) is 1. The standard InChI is InChI=1S/C38H42N2O6/c1-38(2,3)45-37(43)46-40-22-20-33(35(25-40)44-26-28-15-16-29-9-7-8-12-32(29)23-28)30-17-13-27(14-18-30)24-36(42)39-21-19-34(41)31-10-5-4-6-11-31/h4-18,23,33,35H,19-22,24-26H2,1-3H3,(H,39,42). The van der Waals surface area contributed by atoms with Gasteiger partial charge in [0, 0.05) is 31.0 Å².